The lowest BCUT2D eigenvalue weighted by atomic mass is 10.0. The highest BCUT2D eigenvalue weighted by Gasteiger charge is 2.12. The standard InChI is InChI=1S/C22H24N6OS/c1-13(2)14-5-10-18-17(11-14)20-21(24-18)25-22(27-26-20)30-12-19(29)23-15-6-8-16(9-7-15)28(3)4/h5-11,13H,12H2,1-4H3,(H,23,29)(H,24,25,27). The summed E-state index contributed by atoms with van der Waals surface area (Å²) in [6.45, 7) is 4.33. The van der Waals surface area contributed by atoms with Gasteiger partial charge in [0.1, 0.15) is 5.52 Å². The first-order valence-corrected chi connectivity index (χ1v) is 10.8. The monoisotopic (exact) mass is 420 g/mol. The van der Waals surface area contributed by atoms with Crippen molar-refractivity contribution < 1.29 is 4.79 Å². The molecular formula is C22H24N6OS. The van der Waals surface area contributed by atoms with Crippen LogP contribution < -0.4 is 10.2 Å². The number of carbonyl (C=O) groups is 1. The molecule has 7 nitrogen and oxygen atoms in total. The number of thioether (sulfide) groups is 1. The molecule has 0 bridgehead atoms. The van der Waals surface area contributed by atoms with Gasteiger partial charge < -0.3 is 15.2 Å². The van der Waals surface area contributed by atoms with Crippen molar-refractivity contribution in [2.75, 3.05) is 30.1 Å². The lowest BCUT2D eigenvalue weighted by Crippen LogP contribution is -2.14. The van der Waals surface area contributed by atoms with Crippen LogP contribution in [-0.2, 0) is 4.79 Å². The third-order valence-electron chi connectivity index (χ3n) is 4.89. The molecule has 2 N–H and O–H groups in total. The Kier molecular flexibility index (Phi) is 5.59. The van der Waals surface area contributed by atoms with Crippen molar-refractivity contribution in [3.8, 4) is 0 Å². The first-order valence-electron chi connectivity index (χ1n) is 9.77. The van der Waals surface area contributed by atoms with Gasteiger partial charge in [-0.15, -0.1) is 10.2 Å². The average Bonchev–Trinajstić information content (AvgIpc) is 3.09. The van der Waals surface area contributed by atoms with Gasteiger partial charge in [0.2, 0.25) is 11.1 Å². The summed E-state index contributed by atoms with van der Waals surface area (Å²) < 4.78 is 0. The smallest absolute Gasteiger partial charge is 0.234 e. The molecule has 0 atom stereocenters. The fraction of sp³-hybridized carbons (Fsp3) is 0.273. The molecule has 154 valence electrons. The molecule has 0 fully saturated rings. The fourth-order valence-corrected chi connectivity index (χ4v) is 3.75. The number of hydrogen-bond acceptors (Lipinski definition) is 6. The molecule has 2 heterocycles. The number of hydrogen-bond donors (Lipinski definition) is 2. The van der Waals surface area contributed by atoms with Crippen LogP contribution in [0.2, 0.25) is 0 Å². The maximum absolute atomic E-state index is 12.3. The van der Waals surface area contributed by atoms with Gasteiger partial charge in [-0.05, 0) is 47.9 Å². The minimum Gasteiger partial charge on any atom is -0.378 e. The van der Waals surface area contributed by atoms with Crippen LogP contribution in [-0.4, -0.2) is 45.9 Å². The number of nitrogens with zero attached hydrogens (tertiary/aromatic N) is 4. The third-order valence-corrected chi connectivity index (χ3v) is 5.72. The predicted octanol–water partition coefficient (Wildman–Crippen LogP) is 4.43. The highest BCUT2D eigenvalue weighted by atomic mass is 32.2. The van der Waals surface area contributed by atoms with Crippen LogP contribution in [0, 0.1) is 0 Å². The number of fused-ring (bicyclic) bond motifs is 3. The molecule has 0 saturated carbocycles. The summed E-state index contributed by atoms with van der Waals surface area (Å²) in [7, 11) is 3.96. The number of anilines is 2. The molecule has 0 aliphatic heterocycles. The van der Waals surface area contributed by atoms with E-state index in [4.69, 9.17) is 0 Å². The Morgan fingerprint density at radius 1 is 1.13 bits per heavy atom. The van der Waals surface area contributed by atoms with Gasteiger partial charge in [0.15, 0.2) is 5.65 Å². The van der Waals surface area contributed by atoms with Gasteiger partial charge in [-0.2, -0.15) is 0 Å². The largest absolute Gasteiger partial charge is 0.378 e. The van der Waals surface area contributed by atoms with Gasteiger partial charge in [-0.3, -0.25) is 4.79 Å². The minimum absolute atomic E-state index is 0.112. The molecule has 30 heavy (non-hydrogen) atoms. The zero-order valence-electron chi connectivity index (χ0n) is 17.4. The molecule has 8 heteroatoms. The summed E-state index contributed by atoms with van der Waals surface area (Å²) in [6, 6.07) is 14.0. The second-order valence-electron chi connectivity index (χ2n) is 7.65. The maximum Gasteiger partial charge on any atom is 0.234 e. The Labute approximate surface area is 179 Å². The van der Waals surface area contributed by atoms with Gasteiger partial charge >= 0.3 is 0 Å². The van der Waals surface area contributed by atoms with Gasteiger partial charge in [-0.25, -0.2) is 4.98 Å². The van der Waals surface area contributed by atoms with Crippen molar-refractivity contribution in [1.82, 2.24) is 20.2 Å². The van der Waals surface area contributed by atoms with Crippen molar-refractivity contribution in [3.63, 3.8) is 0 Å². The zero-order valence-corrected chi connectivity index (χ0v) is 18.2. The van der Waals surface area contributed by atoms with E-state index in [1.54, 1.807) is 0 Å². The van der Waals surface area contributed by atoms with Crippen LogP contribution in [0.5, 0.6) is 0 Å². The van der Waals surface area contributed by atoms with Crippen molar-refractivity contribution in [3.05, 3.63) is 48.0 Å². The Hall–Kier alpha value is -3.13. The SMILES string of the molecule is CC(C)c1ccc2[nH]c3nc(SCC(=O)Nc4ccc(N(C)C)cc4)nnc3c2c1. The molecule has 0 aliphatic rings. The van der Waals surface area contributed by atoms with E-state index in [0.717, 1.165) is 27.8 Å². The van der Waals surface area contributed by atoms with Crippen LogP contribution in [0.4, 0.5) is 11.4 Å². The predicted molar refractivity (Wildman–Crippen MR) is 123 cm³/mol. The zero-order chi connectivity index (χ0) is 21.3. The second-order valence-corrected chi connectivity index (χ2v) is 8.60. The Bertz CT molecular complexity index is 1200. The van der Waals surface area contributed by atoms with E-state index >= 15 is 0 Å². The lowest BCUT2D eigenvalue weighted by Gasteiger charge is -2.12. The lowest BCUT2D eigenvalue weighted by molar-refractivity contribution is -0.113. The summed E-state index contributed by atoms with van der Waals surface area (Å²) in [5.74, 6) is 0.535. The maximum atomic E-state index is 12.3. The number of rotatable bonds is 6. The van der Waals surface area contributed by atoms with E-state index in [2.05, 4.69) is 57.5 Å². The first-order chi connectivity index (χ1) is 14.4. The van der Waals surface area contributed by atoms with E-state index in [9.17, 15) is 4.79 Å². The van der Waals surface area contributed by atoms with Crippen LogP contribution in [0.1, 0.15) is 25.3 Å². The van der Waals surface area contributed by atoms with Crippen molar-refractivity contribution in [1.29, 1.82) is 0 Å². The van der Waals surface area contributed by atoms with E-state index in [1.807, 2.05) is 43.3 Å². The summed E-state index contributed by atoms with van der Waals surface area (Å²) in [5, 5.41) is 12.9. The van der Waals surface area contributed by atoms with Gasteiger partial charge in [0.25, 0.3) is 0 Å². The number of nitrogens with one attached hydrogen (secondary N) is 2. The number of carbonyl (C=O) groups excluding carboxylic acids is 1. The van der Waals surface area contributed by atoms with Crippen molar-refractivity contribution in [2.24, 2.45) is 0 Å². The molecule has 0 unspecified atom stereocenters. The summed E-state index contributed by atoms with van der Waals surface area (Å²) in [4.78, 5) is 22.1. The first kappa shape index (κ1) is 20.2. The number of amides is 1. The number of aromatic amines is 1. The highest BCUT2D eigenvalue weighted by molar-refractivity contribution is 7.99. The molecule has 0 spiro atoms. The third kappa shape index (κ3) is 4.23. The molecule has 4 rings (SSSR count). The van der Waals surface area contributed by atoms with Gasteiger partial charge in [0, 0.05) is 36.4 Å². The molecule has 2 aromatic heterocycles. The van der Waals surface area contributed by atoms with Crippen LogP contribution in [0.3, 0.4) is 0 Å². The van der Waals surface area contributed by atoms with Crippen molar-refractivity contribution in [2.45, 2.75) is 24.9 Å². The highest BCUT2D eigenvalue weighted by Crippen LogP contribution is 2.27. The fourth-order valence-electron chi connectivity index (χ4n) is 3.16. The minimum atomic E-state index is -0.112. The number of aromatic nitrogens is 4. The average molecular weight is 421 g/mol. The van der Waals surface area contributed by atoms with E-state index in [1.165, 1.54) is 17.3 Å². The summed E-state index contributed by atoms with van der Waals surface area (Å²) in [6.07, 6.45) is 0. The molecule has 2 aromatic carbocycles. The van der Waals surface area contributed by atoms with Crippen LogP contribution >= 0.6 is 11.8 Å². The molecule has 0 radical (unpaired) electrons. The van der Waals surface area contributed by atoms with Crippen molar-refractivity contribution >= 4 is 51.1 Å². The van der Waals surface area contributed by atoms with Crippen LogP contribution in [0.25, 0.3) is 22.1 Å². The summed E-state index contributed by atoms with van der Waals surface area (Å²) in [5.41, 5.74) is 5.51. The Morgan fingerprint density at radius 3 is 2.60 bits per heavy atom. The van der Waals surface area contributed by atoms with Crippen LogP contribution in [0.15, 0.2) is 47.6 Å². The molecule has 4 aromatic rings. The van der Waals surface area contributed by atoms with E-state index in [0.29, 0.717) is 16.7 Å². The molecule has 0 saturated heterocycles. The molecular weight excluding hydrogens is 396 g/mol. The van der Waals surface area contributed by atoms with Gasteiger partial charge in [-0.1, -0.05) is 31.7 Å². The Balaban J connectivity index is 1.44. The summed E-state index contributed by atoms with van der Waals surface area (Å²) >= 11 is 1.26. The normalized spacial score (nSPS) is 11.4. The molecule has 0 aliphatic carbocycles. The second kappa shape index (κ2) is 8.31. The topological polar surface area (TPSA) is 86.8 Å². The number of benzene rings is 2. The quantitative estimate of drug-likeness (QED) is 0.449. The number of H-pyrrole nitrogens is 1. The Morgan fingerprint density at radius 2 is 1.90 bits per heavy atom. The van der Waals surface area contributed by atoms with E-state index < -0.39 is 0 Å². The van der Waals surface area contributed by atoms with E-state index in [-0.39, 0.29) is 11.7 Å². The van der Waals surface area contributed by atoms with Gasteiger partial charge in [0.05, 0.1) is 5.75 Å². The molecule has 1 amide bonds.